The number of carbonyl (C=O) groups is 1. The van der Waals surface area contributed by atoms with Crippen LogP contribution in [0.3, 0.4) is 0 Å². The Morgan fingerprint density at radius 1 is 1.18 bits per heavy atom. The molecule has 148 valence electrons. The van der Waals surface area contributed by atoms with Crippen molar-refractivity contribution in [3.8, 4) is 5.75 Å². The molecule has 1 amide bonds. The Hall–Kier alpha value is -2.84. The van der Waals surface area contributed by atoms with Gasteiger partial charge in [0.05, 0.1) is 18.6 Å². The van der Waals surface area contributed by atoms with Gasteiger partial charge in [0, 0.05) is 54.7 Å². The van der Waals surface area contributed by atoms with Crippen LogP contribution in [0.1, 0.15) is 0 Å². The highest BCUT2D eigenvalue weighted by Crippen LogP contribution is 2.31. The SMILES string of the molecule is COc1cc(N2CCN(CC(=O)Nc3ccc(Cl)cc3)CC2)ccc1[N+](=O)[O-]. The monoisotopic (exact) mass is 404 g/mol. The third kappa shape index (κ3) is 4.90. The van der Waals surface area contributed by atoms with Gasteiger partial charge in [0.2, 0.25) is 5.91 Å². The van der Waals surface area contributed by atoms with E-state index in [0.717, 1.165) is 18.8 Å². The third-order valence-corrected chi connectivity index (χ3v) is 4.84. The number of hydrogen-bond donors (Lipinski definition) is 1. The Kier molecular flexibility index (Phi) is 6.33. The lowest BCUT2D eigenvalue weighted by Crippen LogP contribution is -2.48. The van der Waals surface area contributed by atoms with Gasteiger partial charge in [-0.15, -0.1) is 0 Å². The molecule has 0 spiro atoms. The molecule has 2 aromatic carbocycles. The van der Waals surface area contributed by atoms with E-state index in [1.165, 1.54) is 13.2 Å². The normalized spacial score (nSPS) is 14.6. The Balaban J connectivity index is 1.53. The first-order valence-electron chi connectivity index (χ1n) is 8.81. The molecule has 9 heteroatoms. The fourth-order valence-electron chi connectivity index (χ4n) is 3.11. The summed E-state index contributed by atoms with van der Waals surface area (Å²) in [4.78, 5) is 27.0. The lowest BCUT2D eigenvalue weighted by molar-refractivity contribution is -0.385. The molecule has 1 aliphatic heterocycles. The van der Waals surface area contributed by atoms with E-state index in [0.29, 0.717) is 30.3 Å². The Labute approximate surface area is 167 Å². The van der Waals surface area contributed by atoms with Crippen LogP contribution in [-0.4, -0.2) is 55.6 Å². The van der Waals surface area contributed by atoms with Crippen LogP contribution >= 0.6 is 11.6 Å². The summed E-state index contributed by atoms with van der Waals surface area (Å²) < 4.78 is 5.14. The second-order valence-electron chi connectivity index (χ2n) is 6.43. The van der Waals surface area contributed by atoms with Crippen LogP contribution < -0.4 is 15.0 Å². The van der Waals surface area contributed by atoms with Crippen molar-refractivity contribution in [3.05, 3.63) is 57.6 Å². The van der Waals surface area contributed by atoms with Crippen LogP contribution in [0.5, 0.6) is 5.75 Å². The van der Waals surface area contributed by atoms with Gasteiger partial charge in [-0.25, -0.2) is 0 Å². The second kappa shape index (κ2) is 8.90. The summed E-state index contributed by atoms with van der Waals surface area (Å²) >= 11 is 5.84. The van der Waals surface area contributed by atoms with Gasteiger partial charge in [-0.1, -0.05) is 11.6 Å². The number of piperazine rings is 1. The quantitative estimate of drug-likeness (QED) is 0.588. The summed E-state index contributed by atoms with van der Waals surface area (Å²) in [5.41, 5.74) is 1.53. The van der Waals surface area contributed by atoms with Crippen molar-refractivity contribution in [3.63, 3.8) is 0 Å². The summed E-state index contributed by atoms with van der Waals surface area (Å²) in [5.74, 6) is 0.167. The average molecular weight is 405 g/mol. The highest BCUT2D eigenvalue weighted by molar-refractivity contribution is 6.30. The van der Waals surface area contributed by atoms with Gasteiger partial charge in [-0.2, -0.15) is 0 Å². The molecule has 28 heavy (non-hydrogen) atoms. The molecule has 2 aromatic rings. The Bertz CT molecular complexity index is 852. The zero-order valence-electron chi connectivity index (χ0n) is 15.4. The van der Waals surface area contributed by atoms with Crippen LogP contribution in [0.2, 0.25) is 5.02 Å². The van der Waals surface area contributed by atoms with Crippen molar-refractivity contribution in [2.24, 2.45) is 0 Å². The number of anilines is 2. The number of nitro groups is 1. The molecule has 3 rings (SSSR count). The first kappa shape index (κ1) is 19.9. The van der Waals surface area contributed by atoms with E-state index in [1.54, 1.807) is 36.4 Å². The maximum absolute atomic E-state index is 12.2. The number of ether oxygens (including phenoxy) is 1. The summed E-state index contributed by atoms with van der Waals surface area (Å²) in [7, 11) is 1.42. The predicted molar refractivity (Wildman–Crippen MR) is 108 cm³/mol. The molecule has 0 aromatic heterocycles. The third-order valence-electron chi connectivity index (χ3n) is 4.59. The van der Waals surface area contributed by atoms with E-state index in [1.807, 2.05) is 0 Å². The first-order chi connectivity index (χ1) is 13.5. The molecule has 1 saturated heterocycles. The summed E-state index contributed by atoms with van der Waals surface area (Å²) in [5, 5.41) is 14.5. The van der Waals surface area contributed by atoms with Crippen molar-refractivity contribution in [1.82, 2.24) is 4.90 Å². The van der Waals surface area contributed by atoms with Gasteiger partial charge in [0.25, 0.3) is 0 Å². The van der Waals surface area contributed by atoms with Gasteiger partial charge in [-0.3, -0.25) is 19.8 Å². The molecule has 0 atom stereocenters. The number of methoxy groups -OCH3 is 1. The van der Waals surface area contributed by atoms with Gasteiger partial charge in [0.1, 0.15) is 0 Å². The maximum Gasteiger partial charge on any atom is 0.311 e. The highest BCUT2D eigenvalue weighted by Gasteiger charge is 2.22. The van der Waals surface area contributed by atoms with Gasteiger partial charge >= 0.3 is 5.69 Å². The van der Waals surface area contributed by atoms with Crippen LogP contribution in [0.15, 0.2) is 42.5 Å². The standard InChI is InChI=1S/C19H21ClN4O4/c1-28-18-12-16(6-7-17(18)24(26)27)23-10-8-22(9-11-23)13-19(25)21-15-4-2-14(20)3-5-15/h2-7,12H,8-11,13H2,1H3,(H,21,25). The minimum atomic E-state index is -0.458. The average Bonchev–Trinajstić information content (AvgIpc) is 2.69. The molecule has 8 nitrogen and oxygen atoms in total. The Morgan fingerprint density at radius 3 is 2.46 bits per heavy atom. The van der Waals surface area contributed by atoms with Crippen LogP contribution in [0.4, 0.5) is 17.1 Å². The smallest absolute Gasteiger partial charge is 0.311 e. The molecule has 1 fully saturated rings. The van der Waals surface area contributed by atoms with Crippen LogP contribution in [0.25, 0.3) is 0 Å². The molecule has 1 N–H and O–H groups in total. The molecule has 1 heterocycles. The first-order valence-corrected chi connectivity index (χ1v) is 9.19. The Morgan fingerprint density at radius 2 is 1.86 bits per heavy atom. The molecule has 0 aliphatic carbocycles. The molecule has 0 bridgehead atoms. The van der Waals surface area contributed by atoms with E-state index in [9.17, 15) is 14.9 Å². The fraction of sp³-hybridized carbons (Fsp3) is 0.316. The number of halogens is 1. The van der Waals surface area contributed by atoms with E-state index in [2.05, 4.69) is 15.1 Å². The minimum absolute atomic E-state index is 0.0521. The van der Waals surface area contributed by atoms with Crippen molar-refractivity contribution in [2.45, 2.75) is 0 Å². The summed E-state index contributed by atoms with van der Waals surface area (Å²) in [6.07, 6.45) is 0. The van der Waals surface area contributed by atoms with E-state index in [-0.39, 0.29) is 17.3 Å². The highest BCUT2D eigenvalue weighted by atomic mass is 35.5. The fourth-order valence-corrected chi connectivity index (χ4v) is 3.24. The number of nitro benzene ring substituents is 1. The lowest BCUT2D eigenvalue weighted by atomic mass is 10.2. The second-order valence-corrected chi connectivity index (χ2v) is 6.87. The van der Waals surface area contributed by atoms with Crippen LogP contribution in [0, 0.1) is 10.1 Å². The molecule has 1 aliphatic rings. The minimum Gasteiger partial charge on any atom is -0.490 e. The summed E-state index contributed by atoms with van der Waals surface area (Å²) in [6, 6.07) is 11.9. The number of hydrogen-bond acceptors (Lipinski definition) is 6. The largest absolute Gasteiger partial charge is 0.490 e. The van der Waals surface area contributed by atoms with Gasteiger partial charge in [0.15, 0.2) is 5.75 Å². The number of nitrogens with one attached hydrogen (secondary N) is 1. The number of amides is 1. The van der Waals surface area contributed by atoms with Crippen molar-refractivity contribution in [2.75, 3.05) is 50.1 Å². The number of rotatable bonds is 6. The molecule has 0 saturated carbocycles. The van der Waals surface area contributed by atoms with E-state index in [4.69, 9.17) is 16.3 Å². The topological polar surface area (TPSA) is 88.0 Å². The molecule has 0 unspecified atom stereocenters. The lowest BCUT2D eigenvalue weighted by Gasteiger charge is -2.35. The molecular formula is C19H21ClN4O4. The van der Waals surface area contributed by atoms with Crippen molar-refractivity contribution < 1.29 is 14.5 Å². The zero-order valence-corrected chi connectivity index (χ0v) is 16.2. The van der Waals surface area contributed by atoms with Gasteiger partial charge in [-0.05, 0) is 30.3 Å². The van der Waals surface area contributed by atoms with Gasteiger partial charge < -0.3 is 15.0 Å². The van der Waals surface area contributed by atoms with Crippen molar-refractivity contribution in [1.29, 1.82) is 0 Å². The molecular weight excluding hydrogens is 384 g/mol. The van der Waals surface area contributed by atoms with Crippen molar-refractivity contribution >= 4 is 34.6 Å². The van der Waals surface area contributed by atoms with E-state index >= 15 is 0 Å². The summed E-state index contributed by atoms with van der Waals surface area (Å²) in [6.45, 7) is 3.17. The predicted octanol–water partition coefficient (Wildman–Crippen LogP) is 3.02. The number of nitrogens with zero attached hydrogens (tertiary/aromatic N) is 3. The number of benzene rings is 2. The van der Waals surface area contributed by atoms with Crippen LogP contribution in [-0.2, 0) is 4.79 Å². The zero-order chi connectivity index (χ0) is 20.1. The maximum atomic E-state index is 12.2. The molecule has 0 radical (unpaired) electrons. The number of carbonyl (C=O) groups excluding carboxylic acids is 1. The van der Waals surface area contributed by atoms with E-state index < -0.39 is 4.92 Å².